The number of halogens is 1. The number of benzene rings is 1. The molecule has 0 radical (unpaired) electrons. The van der Waals surface area contributed by atoms with E-state index in [0.717, 1.165) is 19.6 Å². The van der Waals surface area contributed by atoms with Crippen LogP contribution in [-0.4, -0.2) is 56.9 Å². The Labute approximate surface area is 148 Å². The first-order valence-corrected chi connectivity index (χ1v) is 8.58. The fourth-order valence-electron chi connectivity index (χ4n) is 2.71. The monoisotopic (exact) mass is 355 g/mol. The number of anilines is 1. The van der Waals surface area contributed by atoms with Crippen LogP contribution in [0, 0.1) is 5.92 Å². The number of morpholine rings is 1. The molecule has 1 fully saturated rings. The summed E-state index contributed by atoms with van der Waals surface area (Å²) in [7, 11) is 1.55. The van der Waals surface area contributed by atoms with Gasteiger partial charge in [0.25, 0.3) is 0 Å². The van der Waals surface area contributed by atoms with E-state index in [2.05, 4.69) is 29.4 Å². The minimum absolute atomic E-state index is 0.0164. The van der Waals surface area contributed by atoms with Crippen molar-refractivity contribution in [3.63, 3.8) is 0 Å². The minimum atomic E-state index is -0.277. The summed E-state index contributed by atoms with van der Waals surface area (Å²) in [6, 6.07) is 4.83. The Morgan fingerprint density at radius 2 is 2.29 bits per heavy atom. The molecule has 1 aliphatic heterocycles. The first-order valence-electron chi connectivity index (χ1n) is 8.20. The smallest absolute Gasteiger partial charge is 0.319 e. The molecule has 1 atom stereocenters. The van der Waals surface area contributed by atoms with Crippen molar-refractivity contribution in [2.45, 2.75) is 20.0 Å². The molecule has 2 N–H and O–H groups in total. The highest BCUT2D eigenvalue weighted by Crippen LogP contribution is 2.27. The van der Waals surface area contributed by atoms with E-state index in [9.17, 15) is 4.79 Å². The third-order valence-corrected chi connectivity index (χ3v) is 4.04. The maximum atomic E-state index is 12.0. The van der Waals surface area contributed by atoms with E-state index in [0.29, 0.717) is 35.5 Å². The Balaban J connectivity index is 1.77. The molecule has 2 rings (SSSR count). The van der Waals surface area contributed by atoms with Gasteiger partial charge in [-0.15, -0.1) is 0 Å². The van der Waals surface area contributed by atoms with Gasteiger partial charge in [0.2, 0.25) is 0 Å². The predicted octanol–water partition coefficient (Wildman–Crippen LogP) is 2.83. The van der Waals surface area contributed by atoms with E-state index in [-0.39, 0.29) is 12.1 Å². The van der Waals surface area contributed by atoms with E-state index in [4.69, 9.17) is 21.1 Å². The highest BCUT2D eigenvalue weighted by atomic mass is 35.5. The quantitative estimate of drug-likeness (QED) is 0.823. The second kappa shape index (κ2) is 9.11. The number of nitrogens with one attached hydrogen (secondary N) is 2. The molecule has 1 unspecified atom stereocenters. The van der Waals surface area contributed by atoms with E-state index in [1.54, 1.807) is 25.3 Å². The van der Waals surface area contributed by atoms with Crippen molar-refractivity contribution in [3.8, 4) is 5.75 Å². The summed E-state index contributed by atoms with van der Waals surface area (Å²) in [5, 5.41) is 6.06. The van der Waals surface area contributed by atoms with E-state index < -0.39 is 0 Å². The normalized spacial score (nSPS) is 18.5. The summed E-state index contributed by atoms with van der Waals surface area (Å²) in [6.07, 6.45) is 0.0164. The van der Waals surface area contributed by atoms with Gasteiger partial charge in [0.05, 0.1) is 24.8 Å². The average Bonchev–Trinajstić information content (AvgIpc) is 2.53. The second-order valence-corrected chi connectivity index (χ2v) is 6.74. The van der Waals surface area contributed by atoms with Gasteiger partial charge in [-0.1, -0.05) is 25.4 Å². The number of hydrogen-bond donors (Lipinski definition) is 2. The van der Waals surface area contributed by atoms with Crippen molar-refractivity contribution < 1.29 is 14.3 Å². The fourth-order valence-corrected chi connectivity index (χ4v) is 2.97. The maximum absolute atomic E-state index is 12.0. The Morgan fingerprint density at radius 3 is 2.96 bits per heavy atom. The van der Waals surface area contributed by atoms with E-state index in [1.165, 1.54) is 0 Å². The lowest BCUT2D eigenvalue weighted by Crippen LogP contribution is -2.48. The van der Waals surface area contributed by atoms with Crippen molar-refractivity contribution in [1.29, 1.82) is 0 Å². The Kier molecular flexibility index (Phi) is 7.15. The minimum Gasteiger partial charge on any atom is -0.495 e. The van der Waals surface area contributed by atoms with Crippen LogP contribution in [0.3, 0.4) is 0 Å². The summed E-state index contributed by atoms with van der Waals surface area (Å²) in [6.45, 7) is 8.43. The lowest BCUT2D eigenvalue weighted by molar-refractivity contribution is -0.0288. The number of methoxy groups -OCH3 is 1. The molecule has 24 heavy (non-hydrogen) atoms. The molecular weight excluding hydrogens is 330 g/mol. The molecule has 0 saturated carbocycles. The van der Waals surface area contributed by atoms with Crippen molar-refractivity contribution in [3.05, 3.63) is 23.2 Å². The summed E-state index contributed by atoms with van der Waals surface area (Å²) in [4.78, 5) is 14.4. The van der Waals surface area contributed by atoms with Gasteiger partial charge < -0.3 is 20.1 Å². The molecule has 1 aliphatic rings. The zero-order chi connectivity index (χ0) is 17.5. The first-order chi connectivity index (χ1) is 11.5. The van der Waals surface area contributed by atoms with Crippen LogP contribution in [0.15, 0.2) is 18.2 Å². The molecule has 0 aromatic heterocycles. The molecule has 1 aromatic rings. The molecule has 6 nitrogen and oxygen atoms in total. The van der Waals surface area contributed by atoms with E-state index in [1.807, 2.05) is 0 Å². The van der Waals surface area contributed by atoms with Crippen LogP contribution in [-0.2, 0) is 4.74 Å². The highest BCUT2D eigenvalue weighted by molar-refractivity contribution is 6.32. The summed E-state index contributed by atoms with van der Waals surface area (Å²) in [5.41, 5.74) is 0.615. The van der Waals surface area contributed by atoms with Gasteiger partial charge in [-0.25, -0.2) is 4.79 Å². The number of nitrogens with zero attached hydrogens (tertiary/aromatic N) is 1. The number of rotatable bonds is 6. The van der Waals surface area contributed by atoms with Crippen LogP contribution >= 0.6 is 11.6 Å². The molecule has 134 valence electrons. The van der Waals surface area contributed by atoms with Crippen LogP contribution in [0.2, 0.25) is 5.02 Å². The zero-order valence-corrected chi connectivity index (χ0v) is 15.2. The lowest BCUT2D eigenvalue weighted by Gasteiger charge is -2.33. The predicted molar refractivity (Wildman–Crippen MR) is 96.0 cm³/mol. The van der Waals surface area contributed by atoms with Gasteiger partial charge in [-0.3, -0.25) is 4.90 Å². The van der Waals surface area contributed by atoms with Crippen LogP contribution in [0.4, 0.5) is 10.5 Å². The maximum Gasteiger partial charge on any atom is 0.319 e. The topological polar surface area (TPSA) is 62.8 Å². The van der Waals surface area contributed by atoms with Crippen LogP contribution in [0.5, 0.6) is 5.75 Å². The number of hydrogen-bond acceptors (Lipinski definition) is 4. The standard InChI is InChI=1S/C17H26ClN3O3/c1-12(2)10-21-6-7-24-14(11-21)9-19-17(22)20-13-4-5-16(23-3)15(18)8-13/h4-5,8,12,14H,6-7,9-11H2,1-3H3,(H2,19,20,22). The van der Waals surface area contributed by atoms with E-state index >= 15 is 0 Å². The summed E-state index contributed by atoms with van der Waals surface area (Å²) >= 11 is 6.05. The van der Waals surface area contributed by atoms with Gasteiger partial charge in [0, 0.05) is 31.9 Å². The SMILES string of the molecule is COc1ccc(NC(=O)NCC2CN(CC(C)C)CCO2)cc1Cl. The van der Waals surface area contributed by atoms with Gasteiger partial charge in [0.15, 0.2) is 0 Å². The number of urea groups is 1. The summed E-state index contributed by atoms with van der Waals surface area (Å²) < 4.78 is 10.8. The third-order valence-electron chi connectivity index (χ3n) is 3.75. The largest absolute Gasteiger partial charge is 0.495 e. The van der Waals surface area contributed by atoms with Crippen molar-refractivity contribution in [1.82, 2.24) is 10.2 Å². The van der Waals surface area contributed by atoms with Crippen LogP contribution in [0.1, 0.15) is 13.8 Å². The van der Waals surface area contributed by atoms with Crippen LogP contribution in [0.25, 0.3) is 0 Å². The molecule has 2 amide bonds. The molecule has 0 spiro atoms. The van der Waals surface area contributed by atoms with Gasteiger partial charge in [-0.2, -0.15) is 0 Å². The molecule has 1 aromatic carbocycles. The molecule has 1 saturated heterocycles. The van der Waals surface area contributed by atoms with Gasteiger partial charge in [0.1, 0.15) is 5.75 Å². The highest BCUT2D eigenvalue weighted by Gasteiger charge is 2.21. The molecule has 7 heteroatoms. The van der Waals surface area contributed by atoms with Crippen molar-refractivity contribution >= 4 is 23.3 Å². The Bertz CT molecular complexity index is 554. The molecular formula is C17H26ClN3O3. The number of carbonyl (C=O) groups is 1. The van der Waals surface area contributed by atoms with Crippen molar-refractivity contribution in [2.75, 3.05) is 45.2 Å². The third kappa shape index (κ3) is 5.85. The summed E-state index contributed by atoms with van der Waals surface area (Å²) in [5.74, 6) is 1.20. The zero-order valence-electron chi connectivity index (χ0n) is 14.5. The molecule has 0 bridgehead atoms. The first kappa shape index (κ1) is 18.8. The number of amides is 2. The second-order valence-electron chi connectivity index (χ2n) is 6.33. The molecule has 0 aliphatic carbocycles. The average molecular weight is 356 g/mol. The molecule has 1 heterocycles. The van der Waals surface area contributed by atoms with Gasteiger partial charge >= 0.3 is 6.03 Å². The van der Waals surface area contributed by atoms with Crippen LogP contribution < -0.4 is 15.4 Å². The van der Waals surface area contributed by atoms with Crippen molar-refractivity contribution in [2.24, 2.45) is 5.92 Å². The lowest BCUT2D eigenvalue weighted by atomic mass is 10.2. The van der Waals surface area contributed by atoms with Gasteiger partial charge in [-0.05, 0) is 24.1 Å². The fraction of sp³-hybridized carbons (Fsp3) is 0.588. The Morgan fingerprint density at radius 1 is 1.50 bits per heavy atom. The Hall–Kier alpha value is -1.50. The number of ether oxygens (including phenoxy) is 2. The number of carbonyl (C=O) groups excluding carboxylic acids is 1.